The first kappa shape index (κ1) is 13.3. The van der Waals surface area contributed by atoms with Gasteiger partial charge in [0, 0.05) is 18.6 Å². The van der Waals surface area contributed by atoms with Crippen molar-refractivity contribution in [3.8, 4) is 0 Å². The molecule has 6 heteroatoms. The largest absolute Gasteiger partial charge is 0.392 e. The molecule has 0 aliphatic heterocycles. The fourth-order valence-electron chi connectivity index (χ4n) is 2.70. The predicted molar refractivity (Wildman–Crippen MR) is 60.5 cm³/mol. The summed E-state index contributed by atoms with van der Waals surface area (Å²) in [7, 11) is 0. The van der Waals surface area contributed by atoms with Crippen LogP contribution in [0, 0.1) is 11.8 Å². The summed E-state index contributed by atoms with van der Waals surface area (Å²) >= 11 is 0. The standard InChI is InChI=1S/C12H16F3N3/c13-12(14,15)9-4-2-1-3-8(9)11(16)10-7-17-5-6-18-10/h5-9,11H,1-4,16H2. The van der Waals surface area contributed by atoms with Gasteiger partial charge in [0.1, 0.15) is 0 Å². The Morgan fingerprint density at radius 1 is 1.22 bits per heavy atom. The van der Waals surface area contributed by atoms with Crippen molar-refractivity contribution in [2.24, 2.45) is 17.6 Å². The summed E-state index contributed by atoms with van der Waals surface area (Å²) in [6, 6.07) is -0.689. The number of hydrogen-bond donors (Lipinski definition) is 1. The number of aromatic nitrogens is 2. The summed E-state index contributed by atoms with van der Waals surface area (Å²) in [6.45, 7) is 0. The molecule has 0 amide bonds. The Kier molecular flexibility index (Phi) is 3.85. The van der Waals surface area contributed by atoms with E-state index in [0.717, 1.165) is 6.42 Å². The number of nitrogens with zero attached hydrogens (tertiary/aromatic N) is 2. The summed E-state index contributed by atoms with van der Waals surface area (Å²) in [6.07, 6.45) is 2.31. The maximum Gasteiger partial charge on any atom is 0.392 e. The molecule has 3 unspecified atom stereocenters. The summed E-state index contributed by atoms with van der Waals surface area (Å²) in [4.78, 5) is 7.88. The lowest BCUT2D eigenvalue weighted by atomic mass is 9.74. The molecule has 3 nitrogen and oxygen atoms in total. The minimum atomic E-state index is -4.18. The van der Waals surface area contributed by atoms with Crippen LogP contribution in [0.15, 0.2) is 18.6 Å². The molecule has 2 N–H and O–H groups in total. The van der Waals surface area contributed by atoms with Crippen molar-refractivity contribution < 1.29 is 13.2 Å². The predicted octanol–water partition coefficient (Wildman–Crippen LogP) is 2.85. The van der Waals surface area contributed by atoms with Crippen molar-refractivity contribution in [2.75, 3.05) is 0 Å². The highest BCUT2D eigenvalue weighted by Crippen LogP contribution is 2.45. The molecule has 2 rings (SSSR count). The quantitative estimate of drug-likeness (QED) is 0.888. The molecule has 3 atom stereocenters. The van der Waals surface area contributed by atoms with E-state index in [0.29, 0.717) is 18.5 Å². The minimum absolute atomic E-state index is 0.169. The maximum atomic E-state index is 13.0. The van der Waals surface area contributed by atoms with Gasteiger partial charge in [-0.25, -0.2) is 0 Å². The monoisotopic (exact) mass is 259 g/mol. The second-order valence-corrected chi connectivity index (χ2v) is 4.75. The Balaban J connectivity index is 2.19. The molecule has 18 heavy (non-hydrogen) atoms. The number of nitrogens with two attached hydrogens (primary N) is 1. The molecule has 1 aromatic rings. The van der Waals surface area contributed by atoms with E-state index in [9.17, 15) is 13.2 Å². The average molecular weight is 259 g/mol. The minimum Gasteiger partial charge on any atom is -0.322 e. The zero-order valence-electron chi connectivity index (χ0n) is 9.90. The van der Waals surface area contributed by atoms with Crippen LogP contribution >= 0.6 is 0 Å². The molecule has 0 saturated heterocycles. The van der Waals surface area contributed by atoms with E-state index in [-0.39, 0.29) is 6.42 Å². The topological polar surface area (TPSA) is 51.8 Å². The van der Waals surface area contributed by atoms with E-state index < -0.39 is 24.1 Å². The van der Waals surface area contributed by atoms with Crippen LogP contribution in [0.2, 0.25) is 0 Å². The highest BCUT2D eigenvalue weighted by molar-refractivity contribution is 5.05. The first-order valence-electron chi connectivity index (χ1n) is 6.08. The van der Waals surface area contributed by atoms with Crippen molar-refractivity contribution in [3.63, 3.8) is 0 Å². The van der Waals surface area contributed by atoms with Gasteiger partial charge in [0.05, 0.1) is 17.7 Å². The van der Waals surface area contributed by atoms with Crippen LogP contribution in [0.3, 0.4) is 0 Å². The van der Waals surface area contributed by atoms with E-state index in [2.05, 4.69) is 9.97 Å². The van der Waals surface area contributed by atoms with Crippen LogP contribution in [-0.4, -0.2) is 16.1 Å². The molecule has 1 aromatic heterocycles. The molecule has 1 aliphatic carbocycles. The van der Waals surface area contributed by atoms with Crippen LogP contribution in [0.4, 0.5) is 13.2 Å². The Hall–Kier alpha value is -1.17. The lowest BCUT2D eigenvalue weighted by Gasteiger charge is -2.36. The molecule has 1 saturated carbocycles. The van der Waals surface area contributed by atoms with Crippen LogP contribution in [0.5, 0.6) is 0 Å². The average Bonchev–Trinajstić information content (AvgIpc) is 2.38. The van der Waals surface area contributed by atoms with Crippen LogP contribution in [0.1, 0.15) is 37.4 Å². The van der Waals surface area contributed by atoms with Gasteiger partial charge in [-0.05, 0) is 18.8 Å². The third-order valence-electron chi connectivity index (χ3n) is 3.63. The highest BCUT2D eigenvalue weighted by Gasteiger charge is 2.47. The molecule has 0 aromatic carbocycles. The lowest BCUT2D eigenvalue weighted by molar-refractivity contribution is -0.198. The van der Waals surface area contributed by atoms with Crippen molar-refractivity contribution in [1.29, 1.82) is 0 Å². The fraction of sp³-hybridized carbons (Fsp3) is 0.667. The Bertz CT molecular complexity index is 380. The van der Waals surface area contributed by atoms with Crippen molar-refractivity contribution in [3.05, 3.63) is 24.3 Å². The summed E-state index contributed by atoms with van der Waals surface area (Å²) in [5, 5.41) is 0. The molecule has 1 aliphatic rings. The van der Waals surface area contributed by atoms with E-state index >= 15 is 0 Å². The highest BCUT2D eigenvalue weighted by atomic mass is 19.4. The number of alkyl halides is 3. The Labute approximate surface area is 104 Å². The molecule has 1 heterocycles. The SMILES string of the molecule is NC(c1cnccn1)C1CCCCC1C(F)(F)F. The van der Waals surface area contributed by atoms with Gasteiger partial charge in [-0.1, -0.05) is 12.8 Å². The molecule has 0 spiro atoms. The van der Waals surface area contributed by atoms with Gasteiger partial charge in [0.25, 0.3) is 0 Å². The third kappa shape index (κ3) is 2.80. The zero-order chi connectivity index (χ0) is 13.2. The summed E-state index contributed by atoms with van der Waals surface area (Å²) < 4.78 is 38.9. The summed E-state index contributed by atoms with van der Waals surface area (Å²) in [5.41, 5.74) is 6.40. The van der Waals surface area contributed by atoms with Crippen LogP contribution in [0.25, 0.3) is 0 Å². The van der Waals surface area contributed by atoms with Crippen molar-refractivity contribution in [2.45, 2.75) is 37.9 Å². The van der Waals surface area contributed by atoms with Gasteiger partial charge >= 0.3 is 6.18 Å². The molecular weight excluding hydrogens is 243 g/mol. The fourth-order valence-corrected chi connectivity index (χ4v) is 2.70. The molecule has 0 bridgehead atoms. The second kappa shape index (κ2) is 5.22. The molecular formula is C12H16F3N3. The first-order chi connectivity index (χ1) is 8.50. The van der Waals surface area contributed by atoms with E-state index in [1.165, 1.54) is 18.6 Å². The first-order valence-corrected chi connectivity index (χ1v) is 6.08. The van der Waals surface area contributed by atoms with Crippen molar-refractivity contribution in [1.82, 2.24) is 9.97 Å². The van der Waals surface area contributed by atoms with Gasteiger partial charge in [-0.2, -0.15) is 13.2 Å². The van der Waals surface area contributed by atoms with Crippen LogP contribution in [-0.2, 0) is 0 Å². The van der Waals surface area contributed by atoms with E-state index in [1.54, 1.807) is 0 Å². The Morgan fingerprint density at radius 2 is 1.94 bits per heavy atom. The van der Waals surface area contributed by atoms with Crippen molar-refractivity contribution >= 4 is 0 Å². The lowest BCUT2D eigenvalue weighted by Crippen LogP contribution is -2.39. The van der Waals surface area contributed by atoms with Crippen LogP contribution < -0.4 is 5.73 Å². The number of hydrogen-bond acceptors (Lipinski definition) is 3. The Morgan fingerprint density at radius 3 is 2.56 bits per heavy atom. The normalized spacial score (nSPS) is 26.9. The third-order valence-corrected chi connectivity index (χ3v) is 3.63. The molecule has 100 valence electrons. The van der Waals surface area contributed by atoms with Gasteiger partial charge in [0.2, 0.25) is 0 Å². The second-order valence-electron chi connectivity index (χ2n) is 4.75. The molecule has 0 radical (unpaired) electrons. The van der Waals surface area contributed by atoms with Gasteiger partial charge < -0.3 is 5.73 Å². The van der Waals surface area contributed by atoms with E-state index in [4.69, 9.17) is 5.73 Å². The number of halogens is 3. The number of rotatable bonds is 2. The van der Waals surface area contributed by atoms with Gasteiger partial charge in [-0.15, -0.1) is 0 Å². The van der Waals surface area contributed by atoms with E-state index in [1.807, 2.05) is 0 Å². The smallest absolute Gasteiger partial charge is 0.322 e. The maximum absolute atomic E-state index is 13.0. The zero-order valence-corrected chi connectivity index (χ0v) is 9.90. The summed E-state index contributed by atoms with van der Waals surface area (Å²) in [5.74, 6) is -1.90. The molecule has 1 fully saturated rings. The van der Waals surface area contributed by atoms with Gasteiger partial charge in [-0.3, -0.25) is 9.97 Å². The van der Waals surface area contributed by atoms with Gasteiger partial charge in [0.15, 0.2) is 0 Å².